The Hall–Kier alpha value is -0.610. The van der Waals surface area contributed by atoms with Crippen molar-refractivity contribution in [1.29, 1.82) is 0 Å². The number of piperidine rings is 1. The van der Waals surface area contributed by atoms with Gasteiger partial charge in [0.15, 0.2) is 0 Å². The third-order valence-corrected chi connectivity index (χ3v) is 3.47. The molecule has 16 heavy (non-hydrogen) atoms. The number of carbonyl (C=O) groups is 1. The van der Waals surface area contributed by atoms with Crippen molar-refractivity contribution in [2.45, 2.75) is 51.2 Å². The molecule has 94 valence electrons. The minimum Gasteiger partial charge on any atom is -0.480 e. The lowest BCUT2D eigenvalue weighted by molar-refractivity contribution is -0.147. The Morgan fingerprint density at radius 2 is 2.31 bits per heavy atom. The van der Waals surface area contributed by atoms with Crippen molar-refractivity contribution in [1.82, 2.24) is 4.90 Å². The van der Waals surface area contributed by atoms with Crippen molar-refractivity contribution >= 4 is 5.97 Å². The van der Waals surface area contributed by atoms with Crippen LogP contribution in [0.5, 0.6) is 0 Å². The summed E-state index contributed by atoms with van der Waals surface area (Å²) in [5, 5.41) is 9.22. The second-order valence-corrected chi connectivity index (χ2v) is 4.87. The van der Waals surface area contributed by atoms with Crippen LogP contribution in [0.1, 0.15) is 39.5 Å². The quantitative estimate of drug-likeness (QED) is 0.780. The van der Waals surface area contributed by atoms with Crippen molar-refractivity contribution in [3.63, 3.8) is 0 Å². The summed E-state index contributed by atoms with van der Waals surface area (Å²) in [7, 11) is 1.71. The summed E-state index contributed by atoms with van der Waals surface area (Å²) in [5.74, 6) is -0.706. The normalized spacial score (nSPS) is 28.9. The predicted molar refractivity (Wildman–Crippen MR) is 62.6 cm³/mol. The molecule has 0 bridgehead atoms. The van der Waals surface area contributed by atoms with Crippen molar-refractivity contribution in [3.8, 4) is 0 Å². The molecule has 1 saturated heterocycles. The van der Waals surface area contributed by atoms with Crippen LogP contribution < -0.4 is 0 Å². The second kappa shape index (κ2) is 5.64. The van der Waals surface area contributed by atoms with Gasteiger partial charge in [-0.1, -0.05) is 13.3 Å². The van der Waals surface area contributed by atoms with Crippen molar-refractivity contribution < 1.29 is 14.6 Å². The Morgan fingerprint density at radius 1 is 1.62 bits per heavy atom. The number of ether oxygens (including phenoxy) is 1. The van der Waals surface area contributed by atoms with Crippen LogP contribution in [0.4, 0.5) is 0 Å². The fraction of sp³-hybridized carbons (Fsp3) is 0.917. The number of nitrogens with zero attached hydrogens (tertiary/aromatic N) is 1. The molecule has 4 heteroatoms. The van der Waals surface area contributed by atoms with E-state index in [-0.39, 0.29) is 11.6 Å². The minimum atomic E-state index is -0.706. The highest BCUT2D eigenvalue weighted by Gasteiger charge is 2.35. The van der Waals surface area contributed by atoms with Gasteiger partial charge in [-0.05, 0) is 32.7 Å². The molecule has 1 N–H and O–H groups in total. The molecule has 2 atom stereocenters. The van der Waals surface area contributed by atoms with E-state index >= 15 is 0 Å². The molecule has 0 aliphatic carbocycles. The first kappa shape index (κ1) is 13.5. The van der Waals surface area contributed by atoms with Crippen LogP contribution in [0.15, 0.2) is 0 Å². The SMILES string of the molecule is CCCC(C(=O)O)N1CCCC(C)(OC)C1. The lowest BCUT2D eigenvalue weighted by Gasteiger charge is -2.41. The van der Waals surface area contributed by atoms with Crippen molar-refractivity contribution in [2.75, 3.05) is 20.2 Å². The third-order valence-electron chi connectivity index (χ3n) is 3.47. The highest BCUT2D eigenvalue weighted by atomic mass is 16.5. The maximum absolute atomic E-state index is 11.2. The summed E-state index contributed by atoms with van der Waals surface area (Å²) in [6.07, 6.45) is 3.64. The van der Waals surface area contributed by atoms with Gasteiger partial charge in [0.1, 0.15) is 6.04 Å². The van der Waals surface area contributed by atoms with Gasteiger partial charge in [-0.3, -0.25) is 9.69 Å². The van der Waals surface area contributed by atoms with Gasteiger partial charge in [0, 0.05) is 13.7 Å². The number of likely N-dealkylation sites (tertiary alicyclic amines) is 1. The van der Waals surface area contributed by atoms with Gasteiger partial charge >= 0.3 is 5.97 Å². The number of methoxy groups -OCH3 is 1. The molecule has 4 nitrogen and oxygen atoms in total. The average molecular weight is 229 g/mol. The van der Waals surface area contributed by atoms with E-state index in [2.05, 4.69) is 11.8 Å². The average Bonchev–Trinajstić information content (AvgIpc) is 2.25. The molecule has 2 unspecified atom stereocenters. The largest absolute Gasteiger partial charge is 0.480 e. The lowest BCUT2D eigenvalue weighted by atomic mass is 9.93. The summed E-state index contributed by atoms with van der Waals surface area (Å²) in [4.78, 5) is 13.3. The Labute approximate surface area is 97.6 Å². The summed E-state index contributed by atoms with van der Waals surface area (Å²) in [6, 6.07) is -0.347. The number of aliphatic carboxylic acids is 1. The molecular formula is C12H23NO3. The van der Waals surface area contributed by atoms with Gasteiger partial charge < -0.3 is 9.84 Å². The number of carboxylic acids is 1. The van der Waals surface area contributed by atoms with Gasteiger partial charge in [-0.2, -0.15) is 0 Å². The third kappa shape index (κ3) is 3.19. The Morgan fingerprint density at radius 3 is 2.81 bits per heavy atom. The molecule has 0 aromatic carbocycles. The summed E-state index contributed by atoms with van der Waals surface area (Å²) < 4.78 is 5.48. The Bertz CT molecular complexity index is 244. The highest BCUT2D eigenvalue weighted by Crippen LogP contribution is 2.26. The zero-order chi connectivity index (χ0) is 12.2. The minimum absolute atomic E-state index is 0.181. The lowest BCUT2D eigenvalue weighted by Crippen LogP contribution is -2.53. The van der Waals surface area contributed by atoms with Gasteiger partial charge in [0.2, 0.25) is 0 Å². The predicted octanol–water partition coefficient (Wildman–Crippen LogP) is 1.74. The van der Waals surface area contributed by atoms with Gasteiger partial charge in [-0.15, -0.1) is 0 Å². The number of carboxylic acid groups (broad SMARTS) is 1. The fourth-order valence-electron chi connectivity index (χ4n) is 2.41. The first-order valence-corrected chi connectivity index (χ1v) is 6.04. The van der Waals surface area contributed by atoms with Crippen LogP contribution >= 0.6 is 0 Å². The van der Waals surface area contributed by atoms with Crippen molar-refractivity contribution in [3.05, 3.63) is 0 Å². The van der Waals surface area contributed by atoms with Gasteiger partial charge in [-0.25, -0.2) is 0 Å². The van der Waals surface area contributed by atoms with E-state index in [1.54, 1.807) is 7.11 Å². The standard InChI is InChI=1S/C12H23NO3/c1-4-6-10(11(14)15)13-8-5-7-12(2,9-13)16-3/h10H,4-9H2,1-3H3,(H,14,15). The summed E-state index contributed by atoms with van der Waals surface area (Å²) >= 11 is 0. The monoisotopic (exact) mass is 229 g/mol. The summed E-state index contributed by atoms with van der Waals surface area (Å²) in [6.45, 7) is 5.68. The number of rotatable bonds is 5. The van der Waals surface area contributed by atoms with Crippen molar-refractivity contribution in [2.24, 2.45) is 0 Å². The van der Waals surface area contributed by atoms with E-state index in [4.69, 9.17) is 4.74 Å². The molecular weight excluding hydrogens is 206 g/mol. The molecule has 0 amide bonds. The molecule has 1 heterocycles. The first-order chi connectivity index (χ1) is 7.52. The highest BCUT2D eigenvalue weighted by molar-refractivity contribution is 5.73. The smallest absolute Gasteiger partial charge is 0.320 e. The maximum Gasteiger partial charge on any atom is 0.320 e. The zero-order valence-electron chi connectivity index (χ0n) is 10.5. The topological polar surface area (TPSA) is 49.8 Å². The fourth-order valence-corrected chi connectivity index (χ4v) is 2.41. The van der Waals surface area contributed by atoms with Crippen LogP contribution in [0.3, 0.4) is 0 Å². The Kier molecular flexibility index (Phi) is 4.74. The molecule has 0 aromatic heterocycles. The molecule has 0 radical (unpaired) electrons. The van der Waals surface area contributed by atoms with E-state index in [0.717, 1.165) is 38.8 Å². The van der Waals surface area contributed by atoms with E-state index in [9.17, 15) is 9.90 Å². The second-order valence-electron chi connectivity index (χ2n) is 4.87. The van der Waals surface area contributed by atoms with Crippen LogP contribution in [0.25, 0.3) is 0 Å². The Balaban J connectivity index is 2.66. The molecule has 0 aromatic rings. The summed E-state index contributed by atoms with van der Waals surface area (Å²) in [5.41, 5.74) is -0.181. The van der Waals surface area contributed by atoms with E-state index in [0.29, 0.717) is 0 Å². The van der Waals surface area contributed by atoms with Crippen LogP contribution in [-0.2, 0) is 9.53 Å². The molecule has 1 fully saturated rings. The van der Waals surface area contributed by atoms with Crippen LogP contribution in [0.2, 0.25) is 0 Å². The van der Waals surface area contributed by atoms with E-state index < -0.39 is 5.97 Å². The van der Waals surface area contributed by atoms with Crippen LogP contribution in [0, 0.1) is 0 Å². The maximum atomic E-state index is 11.2. The molecule has 0 spiro atoms. The van der Waals surface area contributed by atoms with Gasteiger partial charge in [0.05, 0.1) is 5.60 Å². The molecule has 1 rings (SSSR count). The van der Waals surface area contributed by atoms with E-state index in [1.165, 1.54) is 0 Å². The van der Waals surface area contributed by atoms with E-state index in [1.807, 2.05) is 6.92 Å². The van der Waals surface area contributed by atoms with Gasteiger partial charge in [0.25, 0.3) is 0 Å². The molecule has 1 aliphatic heterocycles. The zero-order valence-corrected chi connectivity index (χ0v) is 10.5. The van der Waals surface area contributed by atoms with Crippen LogP contribution in [-0.4, -0.2) is 47.8 Å². The molecule has 1 aliphatic rings. The molecule has 0 saturated carbocycles. The first-order valence-electron chi connectivity index (χ1n) is 6.04. The number of hydrogen-bond donors (Lipinski definition) is 1. The number of hydrogen-bond acceptors (Lipinski definition) is 3.